The molecule has 0 saturated carbocycles. The van der Waals surface area contributed by atoms with Crippen molar-refractivity contribution in [2.75, 3.05) is 12.4 Å². The maximum Gasteiger partial charge on any atom is 0.253 e. The molecule has 0 N–H and O–H groups in total. The van der Waals surface area contributed by atoms with E-state index in [9.17, 15) is 4.79 Å². The first-order valence-corrected chi connectivity index (χ1v) is 7.33. The topological polar surface area (TPSA) is 20.3 Å². The van der Waals surface area contributed by atoms with E-state index < -0.39 is 0 Å². The predicted molar refractivity (Wildman–Crippen MR) is 79.5 cm³/mol. The average Bonchev–Trinajstić information content (AvgIpc) is 2.29. The van der Waals surface area contributed by atoms with Crippen LogP contribution in [0.4, 0.5) is 0 Å². The number of rotatable bonds is 3. The van der Waals surface area contributed by atoms with Gasteiger partial charge in [-0.2, -0.15) is 0 Å². The quantitative estimate of drug-likeness (QED) is 0.542. The third kappa shape index (κ3) is 3.34. The minimum absolute atomic E-state index is 0.00903. The van der Waals surface area contributed by atoms with Crippen LogP contribution in [0.25, 0.3) is 0 Å². The lowest BCUT2D eigenvalue weighted by atomic mass is 10.2. The van der Waals surface area contributed by atoms with Crippen LogP contribution in [0.15, 0.2) is 18.2 Å². The van der Waals surface area contributed by atoms with Crippen molar-refractivity contribution in [3.05, 3.63) is 32.4 Å². The number of amides is 1. The first-order valence-electron chi connectivity index (χ1n) is 4.75. The molecule has 1 aromatic carbocycles. The van der Waals surface area contributed by atoms with Gasteiger partial charge in [-0.05, 0) is 47.7 Å². The summed E-state index contributed by atoms with van der Waals surface area (Å²) in [5.41, 5.74) is 0.626. The molecular weight excluding hydrogens is 404 g/mol. The van der Waals surface area contributed by atoms with Gasteiger partial charge in [0.05, 0.1) is 5.02 Å². The van der Waals surface area contributed by atoms with Crippen LogP contribution in [0.1, 0.15) is 17.3 Å². The average molecular weight is 416 g/mol. The van der Waals surface area contributed by atoms with Crippen molar-refractivity contribution in [1.29, 1.82) is 0 Å². The summed E-state index contributed by atoms with van der Waals surface area (Å²) in [6.45, 7) is 1.99. The Balaban J connectivity index is 2.92. The molecule has 1 rings (SSSR count). The lowest BCUT2D eigenvalue weighted by Gasteiger charge is -2.23. The van der Waals surface area contributed by atoms with Crippen LogP contribution < -0.4 is 0 Å². The van der Waals surface area contributed by atoms with Gasteiger partial charge in [0.15, 0.2) is 0 Å². The van der Waals surface area contributed by atoms with Crippen LogP contribution in [-0.4, -0.2) is 29.2 Å². The van der Waals surface area contributed by atoms with E-state index in [4.69, 9.17) is 11.6 Å². The number of halogens is 3. The van der Waals surface area contributed by atoms with Gasteiger partial charge in [0.1, 0.15) is 0 Å². The monoisotopic (exact) mass is 415 g/mol. The second-order valence-corrected chi connectivity index (χ2v) is 5.77. The fourth-order valence-corrected chi connectivity index (χ4v) is 2.09. The van der Waals surface area contributed by atoms with Gasteiger partial charge in [0.2, 0.25) is 0 Å². The number of benzene rings is 1. The van der Waals surface area contributed by atoms with Crippen molar-refractivity contribution in [3.63, 3.8) is 0 Å². The Hall–Kier alpha value is 0.190. The zero-order chi connectivity index (χ0) is 12.3. The minimum Gasteiger partial charge on any atom is -0.338 e. The van der Waals surface area contributed by atoms with Crippen LogP contribution in [0.2, 0.25) is 5.02 Å². The van der Waals surface area contributed by atoms with E-state index in [-0.39, 0.29) is 11.9 Å². The molecule has 0 aliphatic heterocycles. The number of alkyl halides is 1. The highest BCUT2D eigenvalue weighted by atomic mass is 127. The molecule has 0 aliphatic carbocycles. The number of hydrogen-bond acceptors (Lipinski definition) is 1. The molecule has 1 unspecified atom stereocenters. The van der Waals surface area contributed by atoms with Gasteiger partial charge in [-0.15, -0.1) is 0 Å². The highest BCUT2D eigenvalue weighted by molar-refractivity contribution is 14.1. The Bertz CT molecular complexity index is 400. The van der Waals surface area contributed by atoms with Gasteiger partial charge in [-0.1, -0.05) is 27.5 Å². The van der Waals surface area contributed by atoms with Gasteiger partial charge in [0.25, 0.3) is 5.91 Å². The minimum atomic E-state index is -0.00903. The van der Waals surface area contributed by atoms with Gasteiger partial charge < -0.3 is 4.90 Å². The maximum atomic E-state index is 12.1. The molecule has 0 bridgehead atoms. The molecule has 0 saturated heterocycles. The molecule has 16 heavy (non-hydrogen) atoms. The standard InChI is InChI=1S/C11H12BrClINO/c1-7(6-12)15(2)11(16)8-3-4-10(14)9(13)5-8/h3-5,7H,6H2,1-2H3. The smallest absolute Gasteiger partial charge is 0.253 e. The second kappa shape index (κ2) is 6.21. The predicted octanol–water partition coefficient (Wildman–Crippen LogP) is 3.80. The van der Waals surface area contributed by atoms with Crippen LogP contribution >= 0.6 is 50.1 Å². The first-order chi connectivity index (χ1) is 7.47. The van der Waals surface area contributed by atoms with E-state index in [0.717, 1.165) is 8.90 Å². The number of nitrogens with zero attached hydrogens (tertiary/aromatic N) is 1. The molecule has 1 amide bonds. The van der Waals surface area contributed by atoms with Crippen LogP contribution in [-0.2, 0) is 0 Å². The highest BCUT2D eigenvalue weighted by Gasteiger charge is 2.17. The Morgan fingerprint density at radius 1 is 1.62 bits per heavy atom. The van der Waals surface area contributed by atoms with E-state index in [1.165, 1.54) is 0 Å². The third-order valence-corrected chi connectivity index (χ3v) is 4.88. The van der Waals surface area contributed by atoms with E-state index >= 15 is 0 Å². The van der Waals surface area contributed by atoms with E-state index in [1.54, 1.807) is 24.1 Å². The summed E-state index contributed by atoms with van der Waals surface area (Å²) >= 11 is 11.5. The fourth-order valence-electron chi connectivity index (χ4n) is 1.14. The highest BCUT2D eigenvalue weighted by Crippen LogP contribution is 2.20. The largest absolute Gasteiger partial charge is 0.338 e. The van der Waals surface area contributed by atoms with Gasteiger partial charge in [-0.3, -0.25) is 4.79 Å². The van der Waals surface area contributed by atoms with Crippen molar-refractivity contribution in [1.82, 2.24) is 4.90 Å². The van der Waals surface area contributed by atoms with E-state index in [2.05, 4.69) is 38.5 Å². The van der Waals surface area contributed by atoms with Crippen molar-refractivity contribution >= 4 is 56.0 Å². The van der Waals surface area contributed by atoms with Gasteiger partial charge >= 0.3 is 0 Å². The molecule has 88 valence electrons. The molecule has 0 fully saturated rings. The van der Waals surface area contributed by atoms with Crippen LogP contribution in [0, 0.1) is 3.57 Å². The van der Waals surface area contributed by atoms with Crippen LogP contribution in [0.3, 0.4) is 0 Å². The van der Waals surface area contributed by atoms with Crippen molar-refractivity contribution in [2.45, 2.75) is 13.0 Å². The van der Waals surface area contributed by atoms with Crippen molar-refractivity contribution in [2.24, 2.45) is 0 Å². The lowest BCUT2D eigenvalue weighted by Crippen LogP contribution is -2.36. The summed E-state index contributed by atoms with van der Waals surface area (Å²) in [6.07, 6.45) is 0. The molecular formula is C11H12BrClINO. The Morgan fingerprint density at radius 3 is 2.75 bits per heavy atom. The summed E-state index contributed by atoms with van der Waals surface area (Å²) < 4.78 is 0.951. The Kier molecular flexibility index (Phi) is 5.53. The molecule has 0 aliphatic rings. The zero-order valence-corrected chi connectivity index (χ0v) is 13.5. The first kappa shape index (κ1) is 14.3. The summed E-state index contributed by atoms with van der Waals surface area (Å²) in [5.74, 6) is -0.00903. The number of carbonyl (C=O) groups excluding carboxylic acids is 1. The molecule has 2 nitrogen and oxygen atoms in total. The molecule has 0 spiro atoms. The SMILES string of the molecule is CC(CBr)N(C)C(=O)c1ccc(I)c(Cl)c1. The fraction of sp³-hybridized carbons (Fsp3) is 0.364. The van der Waals surface area contributed by atoms with Crippen molar-refractivity contribution in [3.8, 4) is 0 Å². The summed E-state index contributed by atoms with van der Waals surface area (Å²) in [6, 6.07) is 5.52. The molecule has 0 radical (unpaired) electrons. The maximum absolute atomic E-state index is 12.1. The Labute approximate surface area is 123 Å². The summed E-state index contributed by atoms with van der Waals surface area (Å²) in [4.78, 5) is 13.8. The Morgan fingerprint density at radius 2 is 2.25 bits per heavy atom. The lowest BCUT2D eigenvalue weighted by molar-refractivity contribution is 0.0758. The van der Waals surface area contributed by atoms with E-state index in [0.29, 0.717) is 10.6 Å². The molecule has 1 atom stereocenters. The van der Waals surface area contributed by atoms with Crippen LogP contribution in [0.5, 0.6) is 0 Å². The molecule has 0 aromatic heterocycles. The second-order valence-electron chi connectivity index (χ2n) is 3.55. The van der Waals surface area contributed by atoms with Gasteiger partial charge in [-0.25, -0.2) is 0 Å². The van der Waals surface area contributed by atoms with Gasteiger partial charge in [0, 0.05) is 27.6 Å². The number of carbonyl (C=O) groups is 1. The molecule has 5 heteroatoms. The normalized spacial score (nSPS) is 12.3. The van der Waals surface area contributed by atoms with E-state index in [1.807, 2.05) is 13.0 Å². The number of hydrogen-bond donors (Lipinski definition) is 0. The summed E-state index contributed by atoms with van der Waals surface area (Å²) in [7, 11) is 1.79. The molecule has 0 heterocycles. The zero-order valence-electron chi connectivity index (χ0n) is 9.01. The third-order valence-electron chi connectivity index (χ3n) is 2.37. The van der Waals surface area contributed by atoms with Crippen molar-refractivity contribution < 1.29 is 4.79 Å². The summed E-state index contributed by atoms with van der Waals surface area (Å²) in [5, 5.41) is 1.37. The molecule has 1 aromatic rings.